The fourth-order valence-corrected chi connectivity index (χ4v) is 3.21. The largest absolute Gasteiger partial charge is 0.335 e. The summed E-state index contributed by atoms with van der Waals surface area (Å²) in [6.07, 6.45) is 2.99. The van der Waals surface area contributed by atoms with Gasteiger partial charge < -0.3 is 0 Å². The minimum atomic E-state index is -0.478. The number of benzene rings is 2. The van der Waals surface area contributed by atoms with Crippen LogP contribution in [0.1, 0.15) is 11.1 Å². The molecule has 2 heterocycles. The Kier molecular flexibility index (Phi) is 4.56. The van der Waals surface area contributed by atoms with Crippen LogP contribution in [0, 0.1) is 11.8 Å². The van der Waals surface area contributed by atoms with Gasteiger partial charge in [0.15, 0.2) is 0 Å². The molecule has 4 aromatic rings. The molecule has 0 N–H and O–H groups in total. The molecule has 0 amide bonds. The van der Waals surface area contributed by atoms with Crippen LogP contribution in [0.25, 0.3) is 16.6 Å². The van der Waals surface area contributed by atoms with Crippen LogP contribution in [0.3, 0.4) is 0 Å². The Bertz CT molecular complexity index is 1380. The van der Waals surface area contributed by atoms with E-state index in [0.717, 1.165) is 10.1 Å². The minimum absolute atomic E-state index is 0.266. The van der Waals surface area contributed by atoms with Crippen molar-refractivity contribution in [3.05, 3.63) is 104 Å². The van der Waals surface area contributed by atoms with E-state index in [1.54, 1.807) is 37.5 Å². The van der Waals surface area contributed by atoms with Gasteiger partial charge in [-0.05, 0) is 36.4 Å². The molecular formula is C22H14ClN3O2. The van der Waals surface area contributed by atoms with Crippen molar-refractivity contribution in [2.24, 2.45) is 7.05 Å². The van der Waals surface area contributed by atoms with Gasteiger partial charge in [0, 0.05) is 30.6 Å². The summed E-state index contributed by atoms with van der Waals surface area (Å²) in [5.41, 5.74) is 1.45. The Balaban J connectivity index is 1.85. The molecule has 0 aliphatic heterocycles. The molecule has 0 fully saturated rings. The van der Waals surface area contributed by atoms with Crippen LogP contribution in [0.5, 0.6) is 0 Å². The van der Waals surface area contributed by atoms with Crippen LogP contribution in [0.15, 0.2) is 76.6 Å². The van der Waals surface area contributed by atoms with Gasteiger partial charge in [-0.1, -0.05) is 41.6 Å². The van der Waals surface area contributed by atoms with Crippen LogP contribution in [0.4, 0.5) is 0 Å². The van der Waals surface area contributed by atoms with Crippen LogP contribution in [-0.2, 0) is 7.05 Å². The molecular weight excluding hydrogens is 374 g/mol. The number of nitrogens with zero attached hydrogens (tertiary/aromatic N) is 3. The Labute approximate surface area is 165 Å². The normalized spacial score (nSPS) is 10.5. The quantitative estimate of drug-likeness (QED) is 0.471. The molecule has 5 nitrogen and oxygen atoms in total. The molecule has 28 heavy (non-hydrogen) atoms. The van der Waals surface area contributed by atoms with Gasteiger partial charge in [-0.15, -0.1) is 0 Å². The molecule has 4 rings (SSSR count). The van der Waals surface area contributed by atoms with Crippen molar-refractivity contribution in [3.8, 4) is 17.5 Å². The number of hydrogen-bond acceptors (Lipinski definition) is 3. The van der Waals surface area contributed by atoms with Crippen molar-refractivity contribution in [3.63, 3.8) is 0 Å². The zero-order valence-corrected chi connectivity index (χ0v) is 15.6. The molecule has 2 aromatic carbocycles. The molecule has 0 aliphatic carbocycles. The van der Waals surface area contributed by atoms with E-state index >= 15 is 0 Å². The maximum Gasteiger partial charge on any atom is 0.335 e. The molecule has 0 unspecified atom stereocenters. The predicted octanol–water partition coefficient (Wildman–Crippen LogP) is 3.14. The van der Waals surface area contributed by atoms with E-state index in [2.05, 4.69) is 16.8 Å². The Hall–Kier alpha value is -3.62. The van der Waals surface area contributed by atoms with Crippen molar-refractivity contribution in [1.29, 1.82) is 0 Å². The number of pyridine rings is 1. The molecule has 136 valence electrons. The van der Waals surface area contributed by atoms with Crippen LogP contribution in [-0.4, -0.2) is 14.1 Å². The van der Waals surface area contributed by atoms with E-state index in [-0.39, 0.29) is 5.02 Å². The lowest BCUT2D eigenvalue weighted by Crippen LogP contribution is -2.38. The maximum atomic E-state index is 12.9. The summed E-state index contributed by atoms with van der Waals surface area (Å²) in [7, 11) is 1.61. The number of aromatic nitrogens is 3. The molecule has 0 spiro atoms. The maximum absolute atomic E-state index is 12.9. The van der Waals surface area contributed by atoms with Crippen molar-refractivity contribution < 1.29 is 0 Å². The second kappa shape index (κ2) is 7.18. The summed E-state index contributed by atoms with van der Waals surface area (Å²) in [5, 5.41) is 0.607. The SMILES string of the molecule is Cn1c(=O)n(-c2ccc(C#Cc3ccccc3)cc2Cl)c(=O)c2cnccc21. The van der Waals surface area contributed by atoms with Gasteiger partial charge in [0.1, 0.15) is 0 Å². The van der Waals surface area contributed by atoms with Gasteiger partial charge in [-0.25, -0.2) is 9.36 Å². The lowest BCUT2D eigenvalue weighted by atomic mass is 10.1. The lowest BCUT2D eigenvalue weighted by molar-refractivity contribution is 0.773. The number of aryl methyl sites for hydroxylation is 1. The molecule has 6 heteroatoms. The van der Waals surface area contributed by atoms with Crippen molar-refractivity contribution in [2.75, 3.05) is 0 Å². The molecule has 0 radical (unpaired) electrons. The van der Waals surface area contributed by atoms with E-state index in [1.807, 2.05) is 30.3 Å². The van der Waals surface area contributed by atoms with Gasteiger partial charge in [0.2, 0.25) is 0 Å². The van der Waals surface area contributed by atoms with E-state index in [9.17, 15) is 9.59 Å². The number of halogens is 1. The van der Waals surface area contributed by atoms with Gasteiger partial charge in [-0.3, -0.25) is 14.3 Å². The van der Waals surface area contributed by atoms with Gasteiger partial charge >= 0.3 is 5.69 Å². The van der Waals surface area contributed by atoms with Crippen LogP contribution < -0.4 is 11.2 Å². The Morgan fingerprint density at radius 3 is 2.46 bits per heavy atom. The fraction of sp³-hybridized carbons (Fsp3) is 0.0455. The summed E-state index contributed by atoms with van der Waals surface area (Å²) in [5.74, 6) is 6.09. The van der Waals surface area contributed by atoms with Crippen LogP contribution in [0.2, 0.25) is 5.02 Å². The van der Waals surface area contributed by atoms with E-state index in [1.165, 1.54) is 10.8 Å². The Morgan fingerprint density at radius 2 is 1.71 bits per heavy atom. The number of rotatable bonds is 1. The molecule has 0 saturated heterocycles. The van der Waals surface area contributed by atoms with Crippen molar-refractivity contribution in [2.45, 2.75) is 0 Å². The van der Waals surface area contributed by atoms with Crippen LogP contribution >= 0.6 is 11.6 Å². The Morgan fingerprint density at radius 1 is 0.964 bits per heavy atom. The summed E-state index contributed by atoms with van der Waals surface area (Å²) in [6.45, 7) is 0. The molecule has 2 aromatic heterocycles. The lowest BCUT2D eigenvalue weighted by Gasteiger charge is -2.11. The predicted molar refractivity (Wildman–Crippen MR) is 110 cm³/mol. The highest BCUT2D eigenvalue weighted by molar-refractivity contribution is 6.32. The average Bonchev–Trinajstić information content (AvgIpc) is 2.73. The molecule has 0 saturated carbocycles. The zero-order chi connectivity index (χ0) is 19.7. The van der Waals surface area contributed by atoms with E-state index in [4.69, 9.17) is 11.6 Å². The van der Waals surface area contributed by atoms with E-state index in [0.29, 0.717) is 22.2 Å². The average molecular weight is 388 g/mol. The molecule has 0 atom stereocenters. The summed E-state index contributed by atoms with van der Waals surface area (Å²) < 4.78 is 2.46. The summed E-state index contributed by atoms with van der Waals surface area (Å²) >= 11 is 6.40. The third-order valence-electron chi connectivity index (χ3n) is 4.38. The van der Waals surface area contributed by atoms with Gasteiger partial charge in [0.05, 0.1) is 21.6 Å². The summed E-state index contributed by atoms with van der Waals surface area (Å²) in [4.78, 5) is 29.6. The third kappa shape index (κ3) is 3.11. The monoisotopic (exact) mass is 387 g/mol. The first-order chi connectivity index (χ1) is 13.6. The highest BCUT2D eigenvalue weighted by atomic mass is 35.5. The molecule has 0 bridgehead atoms. The minimum Gasteiger partial charge on any atom is -0.296 e. The van der Waals surface area contributed by atoms with E-state index < -0.39 is 11.2 Å². The number of hydrogen-bond donors (Lipinski definition) is 0. The highest BCUT2D eigenvalue weighted by Crippen LogP contribution is 2.20. The third-order valence-corrected chi connectivity index (χ3v) is 4.69. The van der Waals surface area contributed by atoms with Crippen molar-refractivity contribution >= 4 is 22.5 Å². The first-order valence-electron chi connectivity index (χ1n) is 8.49. The topological polar surface area (TPSA) is 56.9 Å². The first kappa shape index (κ1) is 17.8. The van der Waals surface area contributed by atoms with Gasteiger partial charge in [0.25, 0.3) is 5.56 Å². The standard InChI is InChI=1S/C22H14ClN3O2/c1-25-19-11-12-24-14-17(19)21(27)26(22(25)28)20-10-9-16(13-18(20)23)8-7-15-5-3-2-4-6-15/h2-6,9-14H,1H3. The highest BCUT2D eigenvalue weighted by Gasteiger charge is 2.14. The molecule has 0 aliphatic rings. The number of fused-ring (bicyclic) bond motifs is 1. The van der Waals surface area contributed by atoms with Crippen molar-refractivity contribution in [1.82, 2.24) is 14.1 Å². The second-order valence-corrected chi connectivity index (χ2v) is 6.56. The zero-order valence-electron chi connectivity index (χ0n) is 14.9. The first-order valence-corrected chi connectivity index (χ1v) is 8.87. The second-order valence-electron chi connectivity index (χ2n) is 6.16. The smallest absolute Gasteiger partial charge is 0.296 e. The summed E-state index contributed by atoms with van der Waals surface area (Å²) in [6, 6.07) is 16.2. The fourth-order valence-electron chi connectivity index (χ4n) is 2.95. The van der Waals surface area contributed by atoms with Gasteiger partial charge in [-0.2, -0.15) is 0 Å².